The van der Waals surface area contributed by atoms with Gasteiger partial charge >= 0.3 is 0 Å². The maximum absolute atomic E-state index is 4.60. The maximum Gasteiger partial charge on any atom is 0.133 e. The zero-order valence-electron chi connectivity index (χ0n) is 12.8. The summed E-state index contributed by atoms with van der Waals surface area (Å²) in [6, 6.07) is 0. The molecule has 0 aliphatic heterocycles. The van der Waals surface area contributed by atoms with Gasteiger partial charge in [0.2, 0.25) is 0 Å². The quantitative estimate of drug-likeness (QED) is 0.920. The van der Waals surface area contributed by atoms with Gasteiger partial charge in [0.25, 0.3) is 0 Å². The van der Waals surface area contributed by atoms with Crippen LogP contribution in [-0.4, -0.2) is 21.5 Å². The number of nitrogens with zero attached hydrogens (tertiary/aromatic N) is 3. The highest BCUT2D eigenvalue weighted by molar-refractivity contribution is 7.11. The molecule has 0 bridgehead atoms. The molecule has 1 N–H and O–H groups in total. The van der Waals surface area contributed by atoms with Crippen LogP contribution in [0.3, 0.4) is 0 Å². The second kappa shape index (κ2) is 6.52. The van der Waals surface area contributed by atoms with E-state index in [1.54, 1.807) is 0 Å². The van der Waals surface area contributed by atoms with Gasteiger partial charge in [0, 0.05) is 35.3 Å². The molecule has 2 heterocycles. The Kier molecular flexibility index (Phi) is 4.48. The topological polar surface area (TPSA) is 50.7 Å². The van der Waals surface area contributed by atoms with Crippen molar-refractivity contribution in [2.45, 2.75) is 52.4 Å². The summed E-state index contributed by atoms with van der Waals surface area (Å²) in [7, 11) is 0. The Morgan fingerprint density at radius 3 is 2.90 bits per heavy atom. The first-order valence-corrected chi connectivity index (χ1v) is 8.61. The lowest BCUT2D eigenvalue weighted by Crippen LogP contribution is -2.15. The molecule has 1 aliphatic rings. The van der Waals surface area contributed by atoms with Gasteiger partial charge in [0.05, 0.1) is 5.01 Å². The molecule has 4 nitrogen and oxygen atoms in total. The lowest BCUT2D eigenvalue weighted by Gasteiger charge is -2.19. The zero-order chi connectivity index (χ0) is 14.7. The molecule has 0 atom stereocenters. The molecule has 3 rings (SSSR count). The summed E-state index contributed by atoms with van der Waals surface area (Å²) in [4.78, 5) is 15.0. The van der Waals surface area contributed by atoms with E-state index < -0.39 is 0 Å². The molecule has 0 aromatic carbocycles. The molecule has 0 fully saturated rings. The number of fused-ring (bicyclic) bond motifs is 1. The zero-order valence-corrected chi connectivity index (χ0v) is 13.6. The van der Waals surface area contributed by atoms with Crippen LogP contribution in [0.4, 0.5) is 5.82 Å². The van der Waals surface area contributed by atoms with Crippen LogP contribution in [0.2, 0.25) is 0 Å². The molecule has 0 spiro atoms. The van der Waals surface area contributed by atoms with E-state index >= 15 is 0 Å². The van der Waals surface area contributed by atoms with E-state index in [1.807, 2.05) is 24.5 Å². The van der Waals surface area contributed by atoms with Gasteiger partial charge in [-0.2, -0.15) is 0 Å². The van der Waals surface area contributed by atoms with Crippen LogP contribution in [-0.2, 0) is 25.7 Å². The van der Waals surface area contributed by atoms with Crippen molar-refractivity contribution in [1.82, 2.24) is 15.0 Å². The van der Waals surface area contributed by atoms with Crippen LogP contribution in [0.1, 0.15) is 46.7 Å². The summed E-state index contributed by atoms with van der Waals surface area (Å²) in [5.74, 6) is 1.92. The number of anilines is 1. The first-order valence-electron chi connectivity index (χ1n) is 7.80. The molecule has 0 saturated heterocycles. The van der Waals surface area contributed by atoms with Crippen molar-refractivity contribution in [3.63, 3.8) is 0 Å². The van der Waals surface area contributed by atoms with E-state index in [0.717, 1.165) is 43.9 Å². The summed E-state index contributed by atoms with van der Waals surface area (Å²) in [5, 5.41) is 4.71. The highest BCUT2D eigenvalue weighted by Crippen LogP contribution is 2.25. The summed E-state index contributed by atoms with van der Waals surface area (Å²) in [6.45, 7) is 5.04. The van der Waals surface area contributed by atoms with Gasteiger partial charge in [-0.1, -0.05) is 6.92 Å². The van der Waals surface area contributed by atoms with Gasteiger partial charge in [-0.3, -0.25) is 0 Å². The minimum atomic E-state index is 0.876. The van der Waals surface area contributed by atoms with E-state index in [4.69, 9.17) is 0 Å². The van der Waals surface area contributed by atoms with Crippen molar-refractivity contribution in [2.24, 2.45) is 0 Å². The van der Waals surface area contributed by atoms with Crippen LogP contribution in [0.25, 0.3) is 0 Å². The minimum absolute atomic E-state index is 0.876. The molecule has 2 aromatic rings. The number of thiazole rings is 1. The van der Waals surface area contributed by atoms with E-state index in [9.17, 15) is 0 Å². The number of nitrogens with one attached hydrogen (secondary N) is 1. The number of hydrogen-bond donors (Lipinski definition) is 1. The number of rotatable bonds is 5. The molecule has 0 unspecified atom stereocenters. The molecule has 0 amide bonds. The van der Waals surface area contributed by atoms with E-state index in [1.165, 1.54) is 34.0 Å². The van der Waals surface area contributed by atoms with Crippen molar-refractivity contribution in [3.8, 4) is 0 Å². The van der Waals surface area contributed by atoms with Gasteiger partial charge in [-0.05, 0) is 39.0 Å². The van der Waals surface area contributed by atoms with Gasteiger partial charge in [0.15, 0.2) is 0 Å². The first kappa shape index (κ1) is 14.4. The second-order valence-electron chi connectivity index (χ2n) is 5.50. The normalized spacial score (nSPS) is 14.0. The van der Waals surface area contributed by atoms with Gasteiger partial charge < -0.3 is 5.32 Å². The van der Waals surface area contributed by atoms with Crippen molar-refractivity contribution < 1.29 is 0 Å². The number of hydrogen-bond acceptors (Lipinski definition) is 5. The largest absolute Gasteiger partial charge is 0.369 e. The summed E-state index contributed by atoms with van der Waals surface area (Å²) in [6.07, 6.45) is 8.74. The number of aromatic nitrogens is 3. The molecule has 0 saturated carbocycles. The number of aryl methyl sites for hydroxylation is 3. The maximum atomic E-state index is 4.60. The monoisotopic (exact) mass is 302 g/mol. The Balaban J connectivity index is 1.66. The molecule has 0 radical (unpaired) electrons. The minimum Gasteiger partial charge on any atom is -0.369 e. The lowest BCUT2D eigenvalue weighted by atomic mass is 9.96. The van der Waals surface area contributed by atoms with Crippen LogP contribution >= 0.6 is 11.3 Å². The summed E-state index contributed by atoms with van der Waals surface area (Å²) < 4.78 is 0. The summed E-state index contributed by atoms with van der Waals surface area (Å²) in [5.41, 5.74) is 2.58. The highest BCUT2D eigenvalue weighted by Gasteiger charge is 2.16. The Labute approximate surface area is 130 Å². The second-order valence-corrected chi connectivity index (χ2v) is 6.70. The Bertz CT molecular complexity index is 621. The molecule has 112 valence electrons. The molecular weight excluding hydrogens is 280 g/mol. The Hall–Kier alpha value is -1.49. The summed E-state index contributed by atoms with van der Waals surface area (Å²) >= 11 is 1.82. The Morgan fingerprint density at radius 1 is 1.24 bits per heavy atom. The van der Waals surface area contributed by atoms with Crippen molar-refractivity contribution >= 4 is 17.2 Å². The molecular formula is C16H22N4S. The third-order valence-corrected chi connectivity index (χ3v) is 5.08. The fourth-order valence-corrected chi connectivity index (χ4v) is 3.64. The predicted molar refractivity (Wildman–Crippen MR) is 87.1 cm³/mol. The van der Waals surface area contributed by atoms with Crippen molar-refractivity contribution in [1.29, 1.82) is 0 Å². The first-order chi connectivity index (χ1) is 10.3. The van der Waals surface area contributed by atoms with Crippen LogP contribution in [0.5, 0.6) is 0 Å². The highest BCUT2D eigenvalue weighted by atomic mass is 32.1. The van der Waals surface area contributed by atoms with Crippen LogP contribution in [0, 0.1) is 6.92 Å². The predicted octanol–water partition coefficient (Wildman–Crippen LogP) is 3.34. The molecule has 1 aliphatic carbocycles. The van der Waals surface area contributed by atoms with Crippen molar-refractivity contribution in [3.05, 3.63) is 33.2 Å². The molecule has 2 aromatic heterocycles. The molecule has 5 heteroatoms. The van der Waals surface area contributed by atoms with Gasteiger partial charge in [-0.25, -0.2) is 15.0 Å². The van der Waals surface area contributed by atoms with Gasteiger partial charge in [0.1, 0.15) is 11.6 Å². The third kappa shape index (κ3) is 3.40. The standard InChI is InChI=1S/C16H22N4S/c1-3-12-10-18-15(21-12)8-9-17-16-13-6-4-5-7-14(13)19-11(2)20-16/h10H,3-9H2,1-2H3,(H,17,19,20). The third-order valence-electron chi connectivity index (χ3n) is 3.88. The average molecular weight is 302 g/mol. The van der Waals surface area contributed by atoms with E-state index in [0.29, 0.717) is 0 Å². The van der Waals surface area contributed by atoms with E-state index in [-0.39, 0.29) is 0 Å². The Morgan fingerprint density at radius 2 is 2.10 bits per heavy atom. The van der Waals surface area contributed by atoms with Crippen LogP contribution in [0.15, 0.2) is 6.20 Å². The van der Waals surface area contributed by atoms with Gasteiger partial charge in [-0.15, -0.1) is 11.3 Å². The average Bonchev–Trinajstić information content (AvgIpc) is 2.95. The fourth-order valence-electron chi connectivity index (χ4n) is 2.78. The smallest absolute Gasteiger partial charge is 0.133 e. The SMILES string of the molecule is CCc1cnc(CCNc2nc(C)nc3c2CCCC3)s1. The van der Waals surface area contributed by atoms with Crippen molar-refractivity contribution in [2.75, 3.05) is 11.9 Å². The van der Waals surface area contributed by atoms with Crippen LogP contribution < -0.4 is 5.32 Å². The fraction of sp³-hybridized carbons (Fsp3) is 0.562. The lowest BCUT2D eigenvalue weighted by molar-refractivity contribution is 0.659. The van der Waals surface area contributed by atoms with E-state index in [2.05, 4.69) is 27.2 Å². The molecule has 21 heavy (non-hydrogen) atoms.